The van der Waals surface area contributed by atoms with Crippen molar-refractivity contribution in [2.45, 2.75) is 13.8 Å². The van der Waals surface area contributed by atoms with E-state index >= 15 is 0 Å². The Labute approximate surface area is 150 Å². The number of aryl methyl sites for hydroxylation is 2. The first-order chi connectivity index (χ1) is 12.0. The van der Waals surface area contributed by atoms with Crippen LogP contribution in [0.5, 0.6) is 5.75 Å². The fraction of sp³-hybridized carbons (Fsp3) is 0.158. The van der Waals surface area contributed by atoms with Gasteiger partial charge < -0.3 is 15.8 Å². The van der Waals surface area contributed by atoms with Gasteiger partial charge in [-0.25, -0.2) is 4.98 Å². The van der Waals surface area contributed by atoms with Crippen molar-refractivity contribution in [1.82, 2.24) is 4.98 Å². The number of nitrogens with one attached hydrogen (secondary N) is 1. The van der Waals surface area contributed by atoms with E-state index in [4.69, 9.17) is 10.5 Å². The third-order valence-corrected chi connectivity index (χ3v) is 4.80. The van der Waals surface area contributed by atoms with Crippen molar-refractivity contribution in [2.24, 2.45) is 0 Å². The number of rotatable bonds is 5. The molecule has 0 aliphatic heterocycles. The molecule has 3 aromatic rings. The fourth-order valence-electron chi connectivity index (χ4n) is 2.48. The zero-order chi connectivity index (χ0) is 18.0. The van der Waals surface area contributed by atoms with Crippen LogP contribution in [0.4, 0.5) is 16.6 Å². The number of aromatic nitrogens is 1. The summed E-state index contributed by atoms with van der Waals surface area (Å²) in [6.07, 6.45) is 0. The van der Waals surface area contributed by atoms with Gasteiger partial charge in [-0.05, 0) is 37.6 Å². The van der Waals surface area contributed by atoms with E-state index in [9.17, 15) is 4.79 Å². The molecule has 0 bridgehead atoms. The summed E-state index contributed by atoms with van der Waals surface area (Å²) in [4.78, 5) is 17.6. The summed E-state index contributed by atoms with van der Waals surface area (Å²) in [5.41, 5.74) is 9.42. The predicted molar refractivity (Wildman–Crippen MR) is 102 cm³/mol. The molecule has 0 aliphatic carbocycles. The minimum absolute atomic E-state index is 0.102. The second-order valence-electron chi connectivity index (χ2n) is 5.74. The molecule has 0 saturated carbocycles. The second-order valence-corrected chi connectivity index (χ2v) is 6.74. The Morgan fingerprint density at radius 2 is 2.00 bits per heavy atom. The average Bonchev–Trinajstić information content (AvgIpc) is 2.96. The highest BCUT2D eigenvalue weighted by Gasteiger charge is 2.19. The van der Waals surface area contributed by atoms with Gasteiger partial charge in [-0.15, -0.1) is 0 Å². The van der Waals surface area contributed by atoms with E-state index in [2.05, 4.69) is 10.3 Å². The van der Waals surface area contributed by atoms with Crippen LogP contribution < -0.4 is 15.8 Å². The molecule has 1 heterocycles. The highest BCUT2D eigenvalue weighted by molar-refractivity contribution is 7.18. The van der Waals surface area contributed by atoms with Gasteiger partial charge in [0.05, 0.1) is 7.11 Å². The SMILES string of the molecule is COc1cccc(Nc2nc(N)c(C(=O)c3cc(C)ccc3C)s2)c1. The molecule has 25 heavy (non-hydrogen) atoms. The number of anilines is 3. The van der Waals surface area contributed by atoms with Gasteiger partial charge in [-0.3, -0.25) is 4.79 Å². The van der Waals surface area contributed by atoms with Crippen molar-refractivity contribution in [3.63, 3.8) is 0 Å². The Balaban J connectivity index is 1.89. The van der Waals surface area contributed by atoms with Crippen molar-refractivity contribution in [2.75, 3.05) is 18.2 Å². The van der Waals surface area contributed by atoms with E-state index in [1.54, 1.807) is 7.11 Å². The zero-order valence-electron chi connectivity index (χ0n) is 14.3. The molecule has 128 valence electrons. The summed E-state index contributed by atoms with van der Waals surface area (Å²) in [5.74, 6) is 0.873. The lowest BCUT2D eigenvalue weighted by atomic mass is 10.0. The van der Waals surface area contributed by atoms with E-state index < -0.39 is 0 Å². The molecule has 3 rings (SSSR count). The second kappa shape index (κ2) is 6.94. The van der Waals surface area contributed by atoms with E-state index in [0.717, 1.165) is 22.6 Å². The number of thiazole rings is 1. The number of methoxy groups -OCH3 is 1. The van der Waals surface area contributed by atoms with Crippen LogP contribution in [-0.2, 0) is 0 Å². The molecule has 6 heteroatoms. The van der Waals surface area contributed by atoms with Crippen LogP contribution in [0.25, 0.3) is 0 Å². The van der Waals surface area contributed by atoms with E-state index in [1.165, 1.54) is 11.3 Å². The molecule has 0 amide bonds. The molecule has 0 unspecified atom stereocenters. The van der Waals surface area contributed by atoms with E-state index in [-0.39, 0.29) is 11.6 Å². The van der Waals surface area contributed by atoms with Gasteiger partial charge in [0.25, 0.3) is 0 Å². The molecule has 3 N–H and O–H groups in total. The Bertz CT molecular complexity index is 934. The minimum Gasteiger partial charge on any atom is -0.497 e. The topological polar surface area (TPSA) is 77.2 Å². The normalized spacial score (nSPS) is 10.5. The van der Waals surface area contributed by atoms with Crippen LogP contribution in [-0.4, -0.2) is 17.9 Å². The van der Waals surface area contributed by atoms with Crippen molar-refractivity contribution in [3.8, 4) is 5.75 Å². The van der Waals surface area contributed by atoms with E-state index in [1.807, 2.05) is 56.3 Å². The summed E-state index contributed by atoms with van der Waals surface area (Å²) in [6.45, 7) is 3.88. The van der Waals surface area contributed by atoms with Gasteiger partial charge in [0, 0.05) is 17.3 Å². The smallest absolute Gasteiger partial charge is 0.207 e. The number of ether oxygens (including phenoxy) is 1. The first kappa shape index (κ1) is 17.0. The van der Waals surface area contributed by atoms with Crippen LogP contribution in [0.2, 0.25) is 0 Å². The first-order valence-electron chi connectivity index (χ1n) is 7.77. The number of nitrogen functional groups attached to an aromatic ring is 1. The zero-order valence-corrected chi connectivity index (χ0v) is 15.1. The summed E-state index contributed by atoms with van der Waals surface area (Å²) >= 11 is 1.25. The molecule has 0 spiro atoms. The largest absolute Gasteiger partial charge is 0.497 e. The van der Waals surface area contributed by atoms with Crippen LogP contribution in [0, 0.1) is 13.8 Å². The average molecular weight is 353 g/mol. The Kier molecular flexibility index (Phi) is 4.72. The number of ketones is 1. The molecule has 5 nitrogen and oxygen atoms in total. The van der Waals surface area contributed by atoms with Gasteiger partial charge in [0.1, 0.15) is 16.4 Å². The maximum absolute atomic E-state index is 12.8. The minimum atomic E-state index is -0.102. The van der Waals surface area contributed by atoms with E-state index in [0.29, 0.717) is 15.6 Å². The highest BCUT2D eigenvalue weighted by Crippen LogP contribution is 2.31. The van der Waals surface area contributed by atoms with Gasteiger partial charge in [0.15, 0.2) is 5.13 Å². The molecule has 2 aromatic carbocycles. The van der Waals surface area contributed by atoms with Gasteiger partial charge >= 0.3 is 0 Å². The fourth-order valence-corrected chi connectivity index (χ4v) is 3.33. The Morgan fingerprint density at radius 3 is 2.76 bits per heavy atom. The molecule has 1 aromatic heterocycles. The van der Waals surface area contributed by atoms with Crippen LogP contribution in [0.3, 0.4) is 0 Å². The number of carbonyl (C=O) groups excluding carboxylic acids is 1. The van der Waals surface area contributed by atoms with Crippen molar-refractivity contribution >= 4 is 33.8 Å². The van der Waals surface area contributed by atoms with Crippen molar-refractivity contribution in [1.29, 1.82) is 0 Å². The third kappa shape index (κ3) is 3.64. The highest BCUT2D eigenvalue weighted by atomic mass is 32.1. The lowest BCUT2D eigenvalue weighted by Gasteiger charge is -2.05. The monoisotopic (exact) mass is 353 g/mol. The molecular weight excluding hydrogens is 334 g/mol. The summed E-state index contributed by atoms with van der Waals surface area (Å²) in [5, 5.41) is 3.74. The Morgan fingerprint density at radius 1 is 1.20 bits per heavy atom. The maximum Gasteiger partial charge on any atom is 0.207 e. The number of hydrogen-bond acceptors (Lipinski definition) is 6. The summed E-state index contributed by atoms with van der Waals surface area (Å²) in [6, 6.07) is 13.3. The number of benzene rings is 2. The summed E-state index contributed by atoms with van der Waals surface area (Å²) < 4.78 is 5.21. The van der Waals surface area contributed by atoms with Gasteiger partial charge in [-0.2, -0.15) is 0 Å². The van der Waals surface area contributed by atoms with Crippen LogP contribution in [0.15, 0.2) is 42.5 Å². The first-order valence-corrected chi connectivity index (χ1v) is 8.59. The molecular formula is C19H19N3O2S. The number of nitrogens with zero attached hydrogens (tertiary/aromatic N) is 1. The number of hydrogen-bond donors (Lipinski definition) is 2. The molecule has 0 atom stereocenters. The lowest BCUT2D eigenvalue weighted by Crippen LogP contribution is -2.05. The number of nitrogens with two attached hydrogens (primary N) is 1. The van der Waals surface area contributed by atoms with Gasteiger partial charge in [-0.1, -0.05) is 35.1 Å². The maximum atomic E-state index is 12.8. The summed E-state index contributed by atoms with van der Waals surface area (Å²) in [7, 11) is 1.61. The number of carbonyl (C=O) groups is 1. The molecule has 0 saturated heterocycles. The van der Waals surface area contributed by atoms with Gasteiger partial charge in [0.2, 0.25) is 5.78 Å². The predicted octanol–water partition coefficient (Wildman–Crippen LogP) is 4.33. The Hall–Kier alpha value is -2.86. The standard InChI is InChI=1S/C19H19N3O2S/c1-11-7-8-12(2)15(9-11)16(23)17-18(20)22-19(25-17)21-13-5-4-6-14(10-13)24-3/h4-10H,20H2,1-3H3,(H,21,22). The van der Waals surface area contributed by atoms with Crippen molar-refractivity contribution < 1.29 is 9.53 Å². The van der Waals surface area contributed by atoms with Crippen LogP contribution in [0.1, 0.15) is 26.4 Å². The third-order valence-electron chi connectivity index (χ3n) is 3.82. The lowest BCUT2D eigenvalue weighted by molar-refractivity contribution is 0.104. The quantitative estimate of drug-likeness (QED) is 0.668. The molecule has 0 fully saturated rings. The van der Waals surface area contributed by atoms with Crippen LogP contribution >= 0.6 is 11.3 Å². The molecule has 0 radical (unpaired) electrons. The van der Waals surface area contributed by atoms with Crippen molar-refractivity contribution in [3.05, 3.63) is 64.0 Å². The molecule has 0 aliphatic rings.